The lowest BCUT2D eigenvalue weighted by atomic mass is 10.1. The van der Waals surface area contributed by atoms with Gasteiger partial charge in [0.15, 0.2) is 5.82 Å². The zero-order valence-corrected chi connectivity index (χ0v) is 11.6. The maximum atomic E-state index is 11.9. The van der Waals surface area contributed by atoms with Crippen molar-refractivity contribution >= 4 is 28.7 Å². The van der Waals surface area contributed by atoms with E-state index in [4.69, 9.17) is 5.73 Å². The molecular weight excluding hydrogens is 256 g/mol. The molecule has 0 aliphatic rings. The fraction of sp³-hybridized carbons (Fsp3) is 0.385. The molecule has 1 amide bonds. The summed E-state index contributed by atoms with van der Waals surface area (Å²) in [5.41, 5.74) is 6.94. The second-order valence-corrected chi connectivity index (χ2v) is 4.40. The fourth-order valence-electron chi connectivity index (χ4n) is 1.98. The maximum Gasteiger partial charge on any atom is 0.242 e. The molecule has 0 spiro atoms. The molecule has 0 saturated carbocycles. The molecular formula is C13H18N6O. The van der Waals surface area contributed by atoms with Gasteiger partial charge in [-0.2, -0.15) is 4.98 Å². The molecule has 20 heavy (non-hydrogen) atoms. The number of aromatic nitrogens is 3. The Kier molecular flexibility index (Phi) is 4.29. The Morgan fingerprint density at radius 1 is 1.45 bits per heavy atom. The van der Waals surface area contributed by atoms with Gasteiger partial charge in [-0.05, 0) is 18.6 Å². The predicted octanol–water partition coefficient (Wildman–Crippen LogP) is 0.934. The minimum absolute atomic E-state index is 0.0897. The number of carbonyl (C=O) groups excluding carboxylic acids is 1. The van der Waals surface area contributed by atoms with Gasteiger partial charge in [0.1, 0.15) is 11.6 Å². The summed E-state index contributed by atoms with van der Waals surface area (Å²) in [7, 11) is 1.61. The monoisotopic (exact) mass is 274 g/mol. The zero-order valence-electron chi connectivity index (χ0n) is 11.6. The van der Waals surface area contributed by atoms with Crippen molar-refractivity contribution in [2.75, 3.05) is 18.1 Å². The van der Waals surface area contributed by atoms with Gasteiger partial charge < -0.3 is 16.4 Å². The van der Waals surface area contributed by atoms with Crippen LogP contribution in [-0.2, 0) is 4.79 Å². The third kappa shape index (κ3) is 2.93. The van der Waals surface area contributed by atoms with Crippen LogP contribution in [0.3, 0.4) is 0 Å². The summed E-state index contributed by atoms with van der Waals surface area (Å²) in [6.45, 7) is 2.02. The third-order valence-corrected chi connectivity index (χ3v) is 2.92. The first-order valence-corrected chi connectivity index (χ1v) is 6.52. The van der Waals surface area contributed by atoms with E-state index >= 15 is 0 Å². The van der Waals surface area contributed by atoms with Crippen LogP contribution in [-0.4, -0.2) is 33.9 Å². The number of pyridine rings is 1. The summed E-state index contributed by atoms with van der Waals surface area (Å²) in [4.78, 5) is 24.4. The normalized spacial score (nSPS) is 12.1. The summed E-state index contributed by atoms with van der Waals surface area (Å²) in [5, 5.41) is 5.75. The number of anilines is 2. The van der Waals surface area contributed by atoms with Crippen molar-refractivity contribution in [1.82, 2.24) is 20.3 Å². The lowest BCUT2D eigenvalue weighted by Gasteiger charge is -2.17. The number of nitrogen functional groups attached to an aromatic ring is 1. The standard InChI is InChI=1S/C13H18N6O/c1-3-5-9(12(20)15-2)17-11-10-8(6-4-7-16-10)18-13(14)19-11/h4,6-7,9H,3,5H2,1-2H3,(H,15,20)(H3,14,17,18,19). The number of nitrogens with two attached hydrogens (primary N) is 1. The number of likely N-dealkylation sites (N-methyl/N-ethyl adjacent to an activating group) is 1. The van der Waals surface area contributed by atoms with Crippen LogP contribution >= 0.6 is 0 Å². The Bertz CT molecular complexity index is 615. The molecule has 2 aromatic rings. The first kappa shape index (κ1) is 14.0. The molecule has 4 N–H and O–H groups in total. The SMILES string of the molecule is CCCC(Nc1nc(N)nc2cccnc12)C(=O)NC. The molecule has 106 valence electrons. The van der Waals surface area contributed by atoms with E-state index < -0.39 is 0 Å². The lowest BCUT2D eigenvalue weighted by molar-refractivity contribution is -0.121. The van der Waals surface area contributed by atoms with Crippen LogP contribution in [0.1, 0.15) is 19.8 Å². The van der Waals surface area contributed by atoms with Crippen LogP contribution in [0.15, 0.2) is 18.3 Å². The van der Waals surface area contributed by atoms with Crippen LogP contribution in [0.5, 0.6) is 0 Å². The average Bonchev–Trinajstić information content (AvgIpc) is 2.45. The molecule has 0 aromatic carbocycles. The minimum Gasteiger partial charge on any atom is -0.368 e. The van der Waals surface area contributed by atoms with E-state index in [-0.39, 0.29) is 17.9 Å². The minimum atomic E-state index is -0.371. The largest absolute Gasteiger partial charge is 0.368 e. The topological polar surface area (TPSA) is 106 Å². The van der Waals surface area contributed by atoms with Crippen molar-refractivity contribution in [1.29, 1.82) is 0 Å². The Morgan fingerprint density at radius 3 is 2.95 bits per heavy atom. The molecule has 7 heteroatoms. The van der Waals surface area contributed by atoms with Crippen molar-refractivity contribution in [3.63, 3.8) is 0 Å². The van der Waals surface area contributed by atoms with E-state index in [9.17, 15) is 4.79 Å². The third-order valence-electron chi connectivity index (χ3n) is 2.92. The number of nitrogens with one attached hydrogen (secondary N) is 2. The van der Waals surface area contributed by atoms with E-state index in [0.717, 1.165) is 6.42 Å². The van der Waals surface area contributed by atoms with Gasteiger partial charge in [0, 0.05) is 13.2 Å². The molecule has 7 nitrogen and oxygen atoms in total. The van der Waals surface area contributed by atoms with Crippen molar-refractivity contribution in [2.24, 2.45) is 0 Å². The van der Waals surface area contributed by atoms with Crippen molar-refractivity contribution in [2.45, 2.75) is 25.8 Å². The van der Waals surface area contributed by atoms with E-state index in [0.29, 0.717) is 23.3 Å². The van der Waals surface area contributed by atoms with Gasteiger partial charge in [0.25, 0.3) is 0 Å². The number of hydrogen-bond acceptors (Lipinski definition) is 6. The highest BCUT2D eigenvalue weighted by Gasteiger charge is 2.18. The summed E-state index contributed by atoms with van der Waals surface area (Å²) >= 11 is 0. The van der Waals surface area contributed by atoms with Gasteiger partial charge in [0.2, 0.25) is 11.9 Å². The highest BCUT2D eigenvalue weighted by molar-refractivity contribution is 5.90. The number of carbonyl (C=O) groups is 1. The summed E-state index contributed by atoms with van der Waals surface area (Å²) in [6, 6.07) is 3.21. The van der Waals surface area contributed by atoms with E-state index in [2.05, 4.69) is 25.6 Å². The predicted molar refractivity (Wildman–Crippen MR) is 78.1 cm³/mol. The number of fused-ring (bicyclic) bond motifs is 1. The number of rotatable bonds is 5. The summed E-state index contributed by atoms with van der Waals surface area (Å²) in [5.74, 6) is 0.545. The number of amides is 1. The average molecular weight is 274 g/mol. The molecule has 0 fully saturated rings. The van der Waals surface area contributed by atoms with E-state index in [1.807, 2.05) is 6.92 Å². The molecule has 0 bridgehead atoms. The molecule has 2 rings (SSSR count). The Hall–Kier alpha value is -2.44. The Labute approximate surface area is 117 Å². The molecule has 2 heterocycles. The summed E-state index contributed by atoms with van der Waals surface area (Å²) in [6.07, 6.45) is 3.22. The van der Waals surface area contributed by atoms with Crippen LogP contribution in [0.25, 0.3) is 11.0 Å². The Balaban J connectivity index is 2.38. The fourth-order valence-corrected chi connectivity index (χ4v) is 1.98. The van der Waals surface area contributed by atoms with Crippen molar-refractivity contribution in [3.05, 3.63) is 18.3 Å². The quantitative estimate of drug-likeness (QED) is 0.749. The molecule has 2 aromatic heterocycles. The van der Waals surface area contributed by atoms with Crippen LogP contribution in [0.4, 0.5) is 11.8 Å². The Morgan fingerprint density at radius 2 is 2.25 bits per heavy atom. The van der Waals surface area contributed by atoms with Crippen LogP contribution in [0.2, 0.25) is 0 Å². The zero-order chi connectivity index (χ0) is 14.5. The van der Waals surface area contributed by atoms with Gasteiger partial charge in [-0.3, -0.25) is 9.78 Å². The van der Waals surface area contributed by atoms with Gasteiger partial charge in [-0.15, -0.1) is 0 Å². The van der Waals surface area contributed by atoms with Gasteiger partial charge in [-0.25, -0.2) is 4.98 Å². The second kappa shape index (κ2) is 6.14. The van der Waals surface area contributed by atoms with Crippen LogP contribution in [0, 0.1) is 0 Å². The first-order chi connectivity index (χ1) is 9.65. The van der Waals surface area contributed by atoms with E-state index in [1.165, 1.54) is 0 Å². The molecule has 0 aliphatic carbocycles. The smallest absolute Gasteiger partial charge is 0.242 e. The van der Waals surface area contributed by atoms with Gasteiger partial charge in [0.05, 0.1) is 5.52 Å². The van der Waals surface area contributed by atoms with Crippen molar-refractivity contribution in [3.8, 4) is 0 Å². The second-order valence-electron chi connectivity index (χ2n) is 4.40. The maximum absolute atomic E-state index is 11.9. The molecule has 1 unspecified atom stereocenters. The molecule has 0 saturated heterocycles. The molecule has 0 aliphatic heterocycles. The molecule has 0 radical (unpaired) electrons. The summed E-state index contributed by atoms with van der Waals surface area (Å²) < 4.78 is 0. The highest BCUT2D eigenvalue weighted by atomic mass is 16.2. The lowest BCUT2D eigenvalue weighted by Crippen LogP contribution is -2.38. The van der Waals surface area contributed by atoms with Crippen LogP contribution < -0.4 is 16.4 Å². The highest BCUT2D eigenvalue weighted by Crippen LogP contribution is 2.19. The van der Waals surface area contributed by atoms with Crippen molar-refractivity contribution < 1.29 is 4.79 Å². The number of nitrogens with zero attached hydrogens (tertiary/aromatic N) is 3. The van der Waals surface area contributed by atoms with Gasteiger partial charge in [-0.1, -0.05) is 13.3 Å². The first-order valence-electron chi connectivity index (χ1n) is 6.52. The molecule has 1 atom stereocenters. The number of hydrogen-bond donors (Lipinski definition) is 3. The van der Waals surface area contributed by atoms with Gasteiger partial charge >= 0.3 is 0 Å². The van der Waals surface area contributed by atoms with E-state index in [1.54, 1.807) is 25.4 Å².